The minimum atomic E-state index is -0.979. The maximum atomic E-state index is 12.4. The highest BCUT2D eigenvalue weighted by molar-refractivity contribution is 5.87. The summed E-state index contributed by atoms with van der Waals surface area (Å²) in [6, 6.07) is 4.70. The summed E-state index contributed by atoms with van der Waals surface area (Å²) in [5.74, 6) is 0.0755. The number of unbranched alkanes of at least 4 members (excludes halogenated alkanes) is 1. The van der Waals surface area contributed by atoms with Gasteiger partial charge in [0.05, 0.1) is 14.2 Å². The van der Waals surface area contributed by atoms with Crippen LogP contribution < -0.4 is 14.8 Å². The van der Waals surface area contributed by atoms with Gasteiger partial charge in [-0.2, -0.15) is 0 Å². The van der Waals surface area contributed by atoms with Gasteiger partial charge in [-0.3, -0.25) is 4.79 Å². The van der Waals surface area contributed by atoms with Crippen molar-refractivity contribution >= 4 is 11.9 Å². The van der Waals surface area contributed by atoms with Crippen LogP contribution >= 0.6 is 0 Å². The van der Waals surface area contributed by atoms with Crippen LogP contribution in [0.2, 0.25) is 0 Å². The summed E-state index contributed by atoms with van der Waals surface area (Å²) in [6.45, 7) is 1.99. The predicted octanol–water partition coefficient (Wildman–Crippen LogP) is 2.57. The van der Waals surface area contributed by atoms with E-state index in [0.29, 0.717) is 18.6 Å². The number of methoxy groups -OCH3 is 2. The topological polar surface area (TPSA) is 84.9 Å². The van der Waals surface area contributed by atoms with Gasteiger partial charge in [-0.1, -0.05) is 19.8 Å². The summed E-state index contributed by atoms with van der Waals surface area (Å²) >= 11 is 0. The molecule has 0 bridgehead atoms. The zero-order chi connectivity index (χ0) is 17.7. The molecule has 6 heteroatoms. The molecule has 1 aliphatic carbocycles. The Morgan fingerprint density at radius 3 is 2.67 bits per heavy atom. The molecule has 24 heavy (non-hydrogen) atoms. The average Bonchev–Trinajstić information content (AvgIpc) is 3.38. The van der Waals surface area contributed by atoms with Gasteiger partial charge in [0.1, 0.15) is 17.5 Å². The van der Waals surface area contributed by atoms with E-state index in [1.165, 1.54) is 0 Å². The fourth-order valence-electron chi connectivity index (χ4n) is 2.90. The number of amides is 1. The van der Waals surface area contributed by atoms with E-state index in [0.717, 1.165) is 24.2 Å². The maximum absolute atomic E-state index is 12.4. The molecule has 2 N–H and O–H groups in total. The van der Waals surface area contributed by atoms with E-state index in [1.54, 1.807) is 14.2 Å². The number of carboxylic acids is 1. The Bertz CT molecular complexity index is 601. The van der Waals surface area contributed by atoms with Gasteiger partial charge in [0.25, 0.3) is 0 Å². The van der Waals surface area contributed by atoms with Crippen LogP contribution in [0.15, 0.2) is 18.2 Å². The second-order valence-electron chi connectivity index (χ2n) is 6.10. The fourth-order valence-corrected chi connectivity index (χ4v) is 2.90. The molecule has 6 nitrogen and oxygen atoms in total. The highest BCUT2D eigenvalue weighted by Gasteiger charge is 2.46. The Hall–Kier alpha value is -2.24. The molecule has 1 saturated carbocycles. The van der Waals surface area contributed by atoms with Crippen LogP contribution in [0.3, 0.4) is 0 Å². The second kappa shape index (κ2) is 8.04. The van der Waals surface area contributed by atoms with Gasteiger partial charge in [-0.15, -0.1) is 0 Å². The molecule has 0 radical (unpaired) electrons. The van der Waals surface area contributed by atoms with Crippen LogP contribution in [0, 0.1) is 5.92 Å². The van der Waals surface area contributed by atoms with E-state index in [1.807, 2.05) is 25.1 Å². The van der Waals surface area contributed by atoms with E-state index in [4.69, 9.17) is 9.47 Å². The SMILES string of the molecule is CCCC[C@H](NC(=O)C1CC1c1cc(OC)ccc1OC)C(=O)O. The van der Waals surface area contributed by atoms with E-state index in [2.05, 4.69) is 5.32 Å². The lowest BCUT2D eigenvalue weighted by Gasteiger charge is -2.14. The lowest BCUT2D eigenvalue weighted by atomic mass is 10.1. The first-order chi connectivity index (χ1) is 11.5. The Morgan fingerprint density at radius 1 is 1.33 bits per heavy atom. The molecule has 1 fully saturated rings. The standard InChI is InChI=1S/C18H25NO5/c1-4-5-6-15(18(21)22)19-17(20)14-10-12(14)13-9-11(23-2)7-8-16(13)24-3/h7-9,12,14-15H,4-6,10H2,1-3H3,(H,19,20)(H,21,22)/t12?,14?,15-/m0/s1. The summed E-state index contributed by atoms with van der Waals surface area (Å²) in [7, 11) is 3.18. The fraction of sp³-hybridized carbons (Fsp3) is 0.556. The van der Waals surface area contributed by atoms with Crippen LogP contribution in [0.5, 0.6) is 11.5 Å². The molecular formula is C18H25NO5. The first-order valence-electron chi connectivity index (χ1n) is 8.26. The minimum Gasteiger partial charge on any atom is -0.497 e. The molecular weight excluding hydrogens is 310 g/mol. The summed E-state index contributed by atoms with van der Waals surface area (Å²) in [5, 5.41) is 11.9. The third-order valence-corrected chi connectivity index (χ3v) is 4.42. The van der Waals surface area contributed by atoms with Gasteiger partial charge in [0, 0.05) is 17.4 Å². The molecule has 0 spiro atoms. The summed E-state index contributed by atoms with van der Waals surface area (Å²) < 4.78 is 10.6. The summed E-state index contributed by atoms with van der Waals surface area (Å²) in [6.07, 6.45) is 2.81. The molecule has 132 valence electrons. The second-order valence-corrected chi connectivity index (χ2v) is 6.10. The zero-order valence-electron chi connectivity index (χ0n) is 14.4. The molecule has 1 aliphatic rings. The van der Waals surface area contributed by atoms with E-state index < -0.39 is 12.0 Å². The van der Waals surface area contributed by atoms with Crippen molar-refractivity contribution in [2.75, 3.05) is 14.2 Å². The average molecular weight is 335 g/mol. The van der Waals surface area contributed by atoms with Crippen molar-refractivity contribution in [1.29, 1.82) is 0 Å². The number of hydrogen-bond donors (Lipinski definition) is 2. The molecule has 1 amide bonds. The van der Waals surface area contributed by atoms with Gasteiger partial charge >= 0.3 is 5.97 Å². The molecule has 2 rings (SSSR count). The first kappa shape index (κ1) is 18.1. The van der Waals surface area contributed by atoms with E-state index in [-0.39, 0.29) is 17.7 Å². The lowest BCUT2D eigenvalue weighted by molar-refractivity contribution is -0.142. The monoisotopic (exact) mass is 335 g/mol. The van der Waals surface area contributed by atoms with Crippen molar-refractivity contribution in [3.05, 3.63) is 23.8 Å². The molecule has 1 aromatic rings. The largest absolute Gasteiger partial charge is 0.497 e. The Labute approximate surface area is 142 Å². The van der Waals surface area contributed by atoms with Gasteiger partial charge in [-0.05, 0) is 31.0 Å². The lowest BCUT2D eigenvalue weighted by Crippen LogP contribution is -2.41. The highest BCUT2D eigenvalue weighted by atomic mass is 16.5. The number of rotatable bonds is 9. The molecule has 0 heterocycles. The van der Waals surface area contributed by atoms with Crippen LogP contribution in [-0.2, 0) is 9.59 Å². The number of nitrogens with one attached hydrogen (secondary N) is 1. The van der Waals surface area contributed by atoms with Gasteiger partial charge in [0.15, 0.2) is 0 Å². The number of carboxylic acid groups (broad SMARTS) is 1. The smallest absolute Gasteiger partial charge is 0.326 e. The number of hydrogen-bond acceptors (Lipinski definition) is 4. The number of aliphatic carboxylic acids is 1. The molecule has 0 saturated heterocycles. The molecule has 3 atom stereocenters. The van der Waals surface area contributed by atoms with Crippen molar-refractivity contribution in [2.24, 2.45) is 5.92 Å². The number of ether oxygens (including phenoxy) is 2. The van der Waals surface area contributed by atoms with E-state index in [9.17, 15) is 14.7 Å². The number of benzene rings is 1. The third kappa shape index (κ3) is 4.19. The van der Waals surface area contributed by atoms with Crippen molar-refractivity contribution in [1.82, 2.24) is 5.32 Å². The van der Waals surface area contributed by atoms with Crippen molar-refractivity contribution in [3.63, 3.8) is 0 Å². The summed E-state index contributed by atoms with van der Waals surface area (Å²) in [5.41, 5.74) is 0.928. The van der Waals surface area contributed by atoms with Gasteiger partial charge in [0.2, 0.25) is 5.91 Å². The van der Waals surface area contributed by atoms with Crippen molar-refractivity contribution in [2.45, 2.75) is 44.6 Å². The van der Waals surface area contributed by atoms with Crippen molar-refractivity contribution < 1.29 is 24.2 Å². The van der Waals surface area contributed by atoms with Crippen molar-refractivity contribution in [3.8, 4) is 11.5 Å². The van der Waals surface area contributed by atoms with Crippen LogP contribution in [0.25, 0.3) is 0 Å². The third-order valence-electron chi connectivity index (χ3n) is 4.42. The molecule has 1 aromatic carbocycles. The van der Waals surface area contributed by atoms with Gasteiger partial charge in [-0.25, -0.2) is 4.79 Å². The Balaban J connectivity index is 2.03. The van der Waals surface area contributed by atoms with Crippen LogP contribution in [-0.4, -0.2) is 37.2 Å². The highest BCUT2D eigenvalue weighted by Crippen LogP contribution is 2.51. The zero-order valence-corrected chi connectivity index (χ0v) is 14.4. The quantitative estimate of drug-likeness (QED) is 0.724. The molecule has 0 aromatic heterocycles. The summed E-state index contributed by atoms with van der Waals surface area (Å²) in [4.78, 5) is 23.6. The minimum absolute atomic E-state index is 0.0377. The van der Waals surface area contributed by atoms with E-state index >= 15 is 0 Å². The number of carbonyl (C=O) groups excluding carboxylic acids is 1. The maximum Gasteiger partial charge on any atom is 0.326 e. The normalized spacial score (nSPS) is 20.1. The van der Waals surface area contributed by atoms with Crippen LogP contribution in [0.4, 0.5) is 0 Å². The van der Waals surface area contributed by atoms with Crippen LogP contribution in [0.1, 0.15) is 44.1 Å². The Morgan fingerprint density at radius 2 is 2.08 bits per heavy atom. The predicted molar refractivity (Wildman–Crippen MR) is 89.5 cm³/mol. The van der Waals surface area contributed by atoms with Gasteiger partial charge < -0.3 is 19.9 Å². The molecule has 0 aliphatic heterocycles. The Kier molecular flexibility index (Phi) is 6.06. The first-order valence-corrected chi connectivity index (χ1v) is 8.26. The molecule has 2 unspecified atom stereocenters. The number of carbonyl (C=O) groups is 2.